The van der Waals surface area contributed by atoms with Crippen molar-refractivity contribution in [2.45, 2.75) is 32.0 Å². The summed E-state index contributed by atoms with van der Waals surface area (Å²) in [5.41, 5.74) is 0. The average Bonchev–Trinajstić information content (AvgIpc) is 2.10. The van der Waals surface area contributed by atoms with Crippen LogP contribution in [0.2, 0.25) is 0 Å². The summed E-state index contributed by atoms with van der Waals surface area (Å²) in [6, 6.07) is 0. The van der Waals surface area contributed by atoms with Gasteiger partial charge >= 0.3 is 0 Å². The third-order valence-corrected chi connectivity index (χ3v) is 2.51. The molecule has 0 aromatic heterocycles. The van der Waals surface area contributed by atoms with Crippen molar-refractivity contribution in [3.05, 3.63) is 0 Å². The van der Waals surface area contributed by atoms with Crippen LogP contribution in [0.5, 0.6) is 0 Å². The van der Waals surface area contributed by atoms with Crippen molar-refractivity contribution >= 4 is 10.1 Å². The molecular formula is C6H12O4S. The summed E-state index contributed by atoms with van der Waals surface area (Å²) >= 11 is 0. The molecule has 0 amide bonds. The Hall–Kier alpha value is -0.130. The van der Waals surface area contributed by atoms with Crippen LogP contribution >= 0.6 is 0 Å². The summed E-state index contributed by atoms with van der Waals surface area (Å²) in [4.78, 5) is 0. The topological polar surface area (TPSA) is 63.6 Å². The van der Waals surface area contributed by atoms with Gasteiger partial charge < -0.3 is 4.74 Å². The monoisotopic (exact) mass is 180 g/mol. The van der Waals surface area contributed by atoms with Crippen molar-refractivity contribution < 1.29 is 17.7 Å². The smallest absolute Gasteiger partial charge is 0.267 e. The highest BCUT2D eigenvalue weighted by atomic mass is 32.2. The predicted octanol–water partition coefficient (Wildman–Crippen LogP) is 0.442. The first-order valence-electron chi connectivity index (χ1n) is 3.58. The van der Waals surface area contributed by atoms with Crippen LogP contribution in [0.3, 0.4) is 0 Å². The molecule has 1 aliphatic rings. The molecule has 0 aromatic rings. The van der Waals surface area contributed by atoms with E-state index in [1.165, 1.54) is 0 Å². The van der Waals surface area contributed by atoms with E-state index in [4.69, 9.17) is 9.29 Å². The number of hydrogen-bond donors (Lipinski definition) is 1. The second-order valence-electron chi connectivity index (χ2n) is 2.89. The molecule has 1 aliphatic heterocycles. The minimum atomic E-state index is -3.86. The zero-order valence-corrected chi connectivity index (χ0v) is 7.17. The van der Waals surface area contributed by atoms with Crippen LogP contribution in [0.4, 0.5) is 0 Å². The van der Waals surface area contributed by atoms with E-state index < -0.39 is 10.1 Å². The molecule has 5 heteroatoms. The quantitative estimate of drug-likeness (QED) is 0.626. The van der Waals surface area contributed by atoms with Gasteiger partial charge in [0.05, 0.1) is 12.2 Å². The van der Waals surface area contributed by atoms with Crippen LogP contribution in [0.15, 0.2) is 0 Å². The standard InChI is InChI=1S/C6H12O4S/c1-5-2-3-6(10-5)4-11(7,8)9/h5-6H,2-4H2,1H3,(H,7,8,9). The van der Waals surface area contributed by atoms with Gasteiger partial charge in [0.2, 0.25) is 0 Å². The third kappa shape index (κ3) is 3.18. The molecule has 1 saturated heterocycles. The zero-order valence-electron chi connectivity index (χ0n) is 6.36. The Balaban J connectivity index is 2.41. The van der Waals surface area contributed by atoms with Gasteiger partial charge in [0.15, 0.2) is 0 Å². The molecule has 2 atom stereocenters. The molecule has 4 nitrogen and oxygen atoms in total. The Bertz CT molecular complexity index is 221. The van der Waals surface area contributed by atoms with E-state index in [-0.39, 0.29) is 18.0 Å². The first-order valence-corrected chi connectivity index (χ1v) is 5.19. The largest absolute Gasteiger partial charge is 0.374 e. The molecule has 1 N–H and O–H groups in total. The van der Waals surface area contributed by atoms with Gasteiger partial charge in [-0.3, -0.25) is 4.55 Å². The molecule has 0 aliphatic carbocycles. The van der Waals surface area contributed by atoms with Crippen LogP contribution in [0.25, 0.3) is 0 Å². The number of rotatable bonds is 2. The molecule has 66 valence electrons. The van der Waals surface area contributed by atoms with E-state index in [0.717, 1.165) is 12.8 Å². The lowest BCUT2D eigenvalue weighted by Crippen LogP contribution is -2.20. The van der Waals surface area contributed by atoms with Crippen molar-refractivity contribution in [3.63, 3.8) is 0 Å². The molecule has 2 unspecified atom stereocenters. The van der Waals surface area contributed by atoms with E-state index >= 15 is 0 Å². The van der Waals surface area contributed by atoms with E-state index in [1.807, 2.05) is 6.92 Å². The second kappa shape index (κ2) is 3.08. The summed E-state index contributed by atoms with van der Waals surface area (Å²) < 4.78 is 34.4. The highest BCUT2D eigenvalue weighted by Gasteiger charge is 2.25. The van der Waals surface area contributed by atoms with Gasteiger partial charge in [-0.1, -0.05) is 0 Å². The molecule has 1 heterocycles. The van der Waals surface area contributed by atoms with Gasteiger partial charge in [0, 0.05) is 0 Å². The summed E-state index contributed by atoms with van der Waals surface area (Å²) in [7, 11) is -3.86. The van der Waals surface area contributed by atoms with Crippen LogP contribution in [-0.4, -0.2) is 30.9 Å². The van der Waals surface area contributed by atoms with Gasteiger partial charge in [-0.25, -0.2) is 0 Å². The van der Waals surface area contributed by atoms with Crippen molar-refractivity contribution in [2.75, 3.05) is 5.75 Å². The van der Waals surface area contributed by atoms with Gasteiger partial charge in [0.25, 0.3) is 10.1 Å². The number of hydrogen-bond acceptors (Lipinski definition) is 3. The van der Waals surface area contributed by atoms with Gasteiger partial charge in [0.1, 0.15) is 5.75 Å². The number of ether oxygens (including phenoxy) is 1. The molecule has 0 bridgehead atoms. The maximum atomic E-state index is 10.4. The summed E-state index contributed by atoms with van der Waals surface area (Å²) in [6.07, 6.45) is 1.42. The molecule has 1 rings (SSSR count). The fourth-order valence-corrected chi connectivity index (χ4v) is 1.96. The normalized spacial score (nSPS) is 32.5. The molecule has 0 radical (unpaired) electrons. The summed E-state index contributed by atoms with van der Waals surface area (Å²) in [5.74, 6) is -0.267. The third-order valence-electron chi connectivity index (χ3n) is 1.72. The first-order chi connectivity index (χ1) is 4.97. The minimum absolute atomic E-state index is 0.127. The molecular weight excluding hydrogens is 168 g/mol. The van der Waals surface area contributed by atoms with Crippen LogP contribution in [0.1, 0.15) is 19.8 Å². The van der Waals surface area contributed by atoms with Crippen molar-refractivity contribution in [2.24, 2.45) is 0 Å². The lowest BCUT2D eigenvalue weighted by Gasteiger charge is -2.07. The lowest BCUT2D eigenvalue weighted by atomic mass is 10.2. The van der Waals surface area contributed by atoms with E-state index in [9.17, 15) is 8.42 Å². The molecule has 0 spiro atoms. The van der Waals surface area contributed by atoms with Gasteiger partial charge in [-0.15, -0.1) is 0 Å². The maximum Gasteiger partial charge on any atom is 0.267 e. The van der Waals surface area contributed by atoms with Crippen molar-refractivity contribution in [3.8, 4) is 0 Å². The Morgan fingerprint density at radius 3 is 2.55 bits per heavy atom. The van der Waals surface area contributed by atoms with Crippen molar-refractivity contribution in [1.29, 1.82) is 0 Å². The van der Waals surface area contributed by atoms with E-state index in [2.05, 4.69) is 0 Å². The highest BCUT2D eigenvalue weighted by molar-refractivity contribution is 7.85. The van der Waals surface area contributed by atoms with E-state index in [1.54, 1.807) is 0 Å². The minimum Gasteiger partial charge on any atom is -0.374 e. The van der Waals surface area contributed by atoms with Crippen LogP contribution in [-0.2, 0) is 14.9 Å². The Morgan fingerprint density at radius 1 is 1.55 bits per heavy atom. The summed E-state index contributed by atoms with van der Waals surface area (Å²) in [5, 5.41) is 0. The molecule has 0 aromatic carbocycles. The first kappa shape index (κ1) is 8.96. The second-order valence-corrected chi connectivity index (χ2v) is 4.39. The van der Waals surface area contributed by atoms with E-state index in [0.29, 0.717) is 0 Å². The molecule has 1 fully saturated rings. The predicted molar refractivity (Wildman–Crippen MR) is 40.0 cm³/mol. The molecule has 0 saturated carbocycles. The Labute approximate surface area is 66.3 Å². The fourth-order valence-electron chi connectivity index (χ4n) is 1.24. The van der Waals surface area contributed by atoms with Gasteiger partial charge in [-0.05, 0) is 19.8 Å². The molecule has 11 heavy (non-hydrogen) atoms. The van der Waals surface area contributed by atoms with Crippen LogP contribution in [0, 0.1) is 0 Å². The maximum absolute atomic E-state index is 10.4. The lowest BCUT2D eigenvalue weighted by molar-refractivity contribution is 0.0682. The van der Waals surface area contributed by atoms with Crippen molar-refractivity contribution in [1.82, 2.24) is 0 Å². The van der Waals surface area contributed by atoms with Gasteiger partial charge in [-0.2, -0.15) is 8.42 Å². The highest BCUT2D eigenvalue weighted by Crippen LogP contribution is 2.19. The SMILES string of the molecule is CC1CCC(CS(=O)(=O)O)O1. The average molecular weight is 180 g/mol. The van der Waals surface area contributed by atoms with Crippen LogP contribution < -0.4 is 0 Å². The zero-order chi connectivity index (χ0) is 8.48. The Kier molecular flexibility index (Phi) is 2.51. The Morgan fingerprint density at radius 2 is 2.18 bits per heavy atom. The summed E-state index contributed by atoms with van der Waals surface area (Å²) in [6.45, 7) is 1.89. The fraction of sp³-hybridized carbons (Fsp3) is 1.00.